The molecule has 0 saturated carbocycles. The number of benzene rings is 1. The van der Waals surface area contributed by atoms with Gasteiger partial charge in [0, 0.05) is 5.50 Å². The van der Waals surface area contributed by atoms with Crippen molar-refractivity contribution in [2.75, 3.05) is 5.50 Å². The van der Waals surface area contributed by atoms with Crippen LogP contribution in [-0.4, -0.2) is 14.3 Å². The molecule has 0 amide bonds. The van der Waals surface area contributed by atoms with Crippen LogP contribution in [0.15, 0.2) is 18.2 Å². The van der Waals surface area contributed by atoms with Crippen LogP contribution in [0.2, 0.25) is 5.54 Å². The molecule has 1 rings (SSSR count). The quantitative estimate of drug-likeness (QED) is 0.544. The molecule has 96 valence electrons. The van der Waals surface area contributed by atoms with E-state index in [1.54, 1.807) is 5.19 Å². The van der Waals surface area contributed by atoms with Gasteiger partial charge >= 0.3 is 0 Å². The molecule has 0 nitrogen and oxygen atoms in total. The summed E-state index contributed by atoms with van der Waals surface area (Å²) in [6.45, 7) is 9.11. The molecule has 0 radical (unpaired) electrons. The number of rotatable bonds is 6. The Morgan fingerprint density at radius 2 is 1.59 bits per heavy atom. The Bertz CT molecular complexity index is 327. The van der Waals surface area contributed by atoms with E-state index >= 15 is 0 Å². The first-order chi connectivity index (χ1) is 8.15. The van der Waals surface area contributed by atoms with Gasteiger partial charge in [0.05, 0.1) is 8.80 Å². The fourth-order valence-electron chi connectivity index (χ4n) is 2.27. The van der Waals surface area contributed by atoms with Crippen molar-refractivity contribution in [3.8, 4) is 0 Å². The fraction of sp³-hybridized carbons (Fsp3) is 0.600. The first-order valence-electron chi connectivity index (χ1n) is 6.84. The highest BCUT2D eigenvalue weighted by Crippen LogP contribution is 2.17. The molecule has 0 N–H and O–H groups in total. The SMILES string of the molecule is CCc1cc(CC)cc([SiH](CCl)C(C)CC)c1. The average molecular weight is 269 g/mol. The maximum atomic E-state index is 6.23. The van der Waals surface area contributed by atoms with Crippen molar-refractivity contribution in [3.63, 3.8) is 0 Å². The number of halogens is 1. The normalized spacial score (nSPS) is 14.6. The summed E-state index contributed by atoms with van der Waals surface area (Å²) in [5.41, 5.74) is 4.62. The van der Waals surface area contributed by atoms with Crippen LogP contribution < -0.4 is 5.19 Å². The lowest BCUT2D eigenvalue weighted by molar-refractivity contribution is 0.861. The van der Waals surface area contributed by atoms with E-state index in [0.717, 1.165) is 23.9 Å². The molecule has 1 aromatic rings. The molecule has 1 aromatic carbocycles. The second-order valence-electron chi connectivity index (χ2n) is 4.94. The van der Waals surface area contributed by atoms with E-state index in [0.29, 0.717) is 0 Å². The lowest BCUT2D eigenvalue weighted by Gasteiger charge is -2.21. The Balaban J connectivity index is 3.09. The topological polar surface area (TPSA) is 0 Å². The summed E-state index contributed by atoms with van der Waals surface area (Å²) in [7, 11) is -0.984. The largest absolute Gasteiger partial charge is 0.130 e. The van der Waals surface area contributed by atoms with Crippen LogP contribution in [0.1, 0.15) is 45.2 Å². The molecule has 2 atom stereocenters. The average Bonchev–Trinajstić information content (AvgIpc) is 2.38. The van der Waals surface area contributed by atoms with Crippen molar-refractivity contribution < 1.29 is 0 Å². The van der Waals surface area contributed by atoms with Gasteiger partial charge in [-0.15, -0.1) is 11.6 Å². The van der Waals surface area contributed by atoms with Crippen molar-refractivity contribution in [1.82, 2.24) is 0 Å². The summed E-state index contributed by atoms with van der Waals surface area (Å²) >= 11 is 6.23. The Labute approximate surface area is 113 Å². The van der Waals surface area contributed by atoms with Gasteiger partial charge in [0.2, 0.25) is 0 Å². The highest BCUT2D eigenvalue weighted by atomic mass is 35.5. The third-order valence-corrected chi connectivity index (χ3v) is 8.18. The summed E-state index contributed by atoms with van der Waals surface area (Å²) in [6.07, 6.45) is 3.51. The molecular formula is C15H25ClSi. The number of hydrogen-bond acceptors (Lipinski definition) is 0. The maximum absolute atomic E-state index is 6.23. The molecule has 0 spiro atoms. The van der Waals surface area contributed by atoms with Crippen LogP contribution in [0.3, 0.4) is 0 Å². The Kier molecular flexibility index (Phi) is 6.28. The molecule has 0 saturated heterocycles. The minimum Gasteiger partial charge on any atom is -0.130 e. The van der Waals surface area contributed by atoms with Crippen molar-refractivity contribution in [3.05, 3.63) is 29.3 Å². The summed E-state index contributed by atoms with van der Waals surface area (Å²) in [5, 5.41) is 1.57. The van der Waals surface area contributed by atoms with Crippen LogP contribution >= 0.6 is 11.6 Å². The maximum Gasteiger partial charge on any atom is 0.0895 e. The van der Waals surface area contributed by atoms with Gasteiger partial charge in [-0.1, -0.05) is 57.5 Å². The van der Waals surface area contributed by atoms with Gasteiger partial charge in [-0.25, -0.2) is 0 Å². The predicted molar refractivity (Wildman–Crippen MR) is 82.4 cm³/mol. The molecule has 2 unspecified atom stereocenters. The molecule has 0 aliphatic carbocycles. The van der Waals surface area contributed by atoms with Gasteiger partial charge in [-0.2, -0.15) is 0 Å². The summed E-state index contributed by atoms with van der Waals surface area (Å²) in [5.74, 6) is 0. The second-order valence-corrected chi connectivity index (χ2v) is 9.19. The number of aryl methyl sites for hydroxylation is 2. The molecule has 0 fully saturated rings. The Hall–Kier alpha value is -0.273. The zero-order chi connectivity index (χ0) is 12.8. The van der Waals surface area contributed by atoms with Crippen LogP contribution in [0.4, 0.5) is 0 Å². The van der Waals surface area contributed by atoms with E-state index in [-0.39, 0.29) is 0 Å². The lowest BCUT2D eigenvalue weighted by atomic mass is 10.1. The van der Waals surface area contributed by atoms with E-state index in [2.05, 4.69) is 45.9 Å². The molecular weight excluding hydrogens is 244 g/mol. The standard InChI is InChI=1S/C15H25ClSi/c1-5-12(4)17(11-16)15-9-13(6-2)8-14(7-3)10-15/h8-10,12,17H,5-7,11H2,1-4H3. The van der Waals surface area contributed by atoms with Gasteiger partial charge < -0.3 is 0 Å². The summed E-state index contributed by atoms with van der Waals surface area (Å²) < 4.78 is 0. The van der Waals surface area contributed by atoms with E-state index in [1.807, 2.05) is 0 Å². The van der Waals surface area contributed by atoms with Gasteiger partial charge in [-0.3, -0.25) is 0 Å². The van der Waals surface area contributed by atoms with Gasteiger partial charge in [0.25, 0.3) is 0 Å². The monoisotopic (exact) mass is 268 g/mol. The second kappa shape index (κ2) is 7.23. The smallest absolute Gasteiger partial charge is 0.0895 e. The Morgan fingerprint density at radius 3 is 1.94 bits per heavy atom. The summed E-state index contributed by atoms with van der Waals surface area (Å²) in [6, 6.07) is 7.16. The number of alkyl halides is 1. The minimum atomic E-state index is -0.984. The van der Waals surface area contributed by atoms with Gasteiger partial charge in [0.15, 0.2) is 0 Å². The zero-order valence-corrected chi connectivity index (χ0v) is 13.5. The highest BCUT2D eigenvalue weighted by Gasteiger charge is 2.19. The first-order valence-corrected chi connectivity index (χ1v) is 9.44. The summed E-state index contributed by atoms with van der Waals surface area (Å²) in [4.78, 5) is 0. The molecule has 0 bridgehead atoms. The van der Waals surface area contributed by atoms with Crippen molar-refractivity contribution in [2.24, 2.45) is 0 Å². The third kappa shape index (κ3) is 3.85. The Morgan fingerprint density at radius 1 is 1.06 bits per heavy atom. The van der Waals surface area contributed by atoms with E-state index in [1.165, 1.54) is 17.5 Å². The van der Waals surface area contributed by atoms with Gasteiger partial charge in [-0.05, 0) is 29.5 Å². The molecule has 17 heavy (non-hydrogen) atoms. The lowest BCUT2D eigenvalue weighted by Crippen LogP contribution is -2.36. The van der Waals surface area contributed by atoms with E-state index < -0.39 is 8.80 Å². The van der Waals surface area contributed by atoms with Crippen molar-refractivity contribution in [1.29, 1.82) is 0 Å². The molecule has 0 aromatic heterocycles. The predicted octanol–water partition coefficient (Wildman–Crippen LogP) is 3.82. The van der Waals surface area contributed by atoms with Crippen LogP contribution in [0, 0.1) is 0 Å². The highest BCUT2D eigenvalue weighted by molar-refractivity contribution is 6.80. The third-order valence-electron chi connectivity index (χ3n) is 3.82. The van der Waals surface area contributed by atoms with Crippen molar-refractivity contribution >= 4 is 25.6 Å². The van der Waals surface area contributed by atoms with Crippen LogP contribution in [-0.2, 0) is 12.8 Å². The fourth-order valence-corrected chi connectivity index (χ4v) is 6.28. The zero-order valence-electron chi connectivity index (χ0n) is 11.6. The number of hydrogen-bond donors (Lipinski definition) is 0. The van der Waals surface area contributed by atoms with Crippen molar-refractivity contribution in [2.45, 2.75) is 52.5 Å². The molecule has 0 heterocycles. The van der Waals surface area contributed by atoms with E-state index in [4.69, 9.17) is 11.6 Å². The molecule has 2 heteroatoms. The minimum absolute atomic E-state index is 0.796. The van der Waals surface area contributed by atoms with Crippen LogP contribution in [0.5, 0.6) is 0 Å². The van der Waals surface area contributed by atoms with Crippen LogP contribution in [0.25, 0.3) is 0 Å². The molecule has 0 aliphatic rings. The van der Waals surface area contributed by atoms with E-state index in [9.17, 15) is 0 Å². The van der Waals surface area contributed by atoms with Gasteiger partial charge in [0.1, 0.15) is 0 Å². The first kappa shape index (κ1) is 14.8. The molecule has 0 aliphatic heterocycles.